The van der Waals surface area contributed by atoms with Crippen LogP contribution in [0.3, 0.4) is 0 Å². The Bertz CT molecular complexity index is 1930. The number of fused-ring (bicyclic) bond motifs is 4. The maximum Gasteiger partial charge on any atom is 0.355 e. The summed E-state index contributed by atoms with van der Waals surface area (Å²) in [6.07, 6.45) is 5.09. The summed E-state index contributed by atoms with van der Waals surface area (Å²) in [4.78, 5) is 40.7. The highest BCUT2D eigenvalue weighted by Crippen LogP contribution is 2.40. The average molecular weight is 671 g/mol. The maximum absolute atomic E-state index is 15.8. The van der Waals surface area contributed by atoms with Gasteiger partial charge in [0.15, 0.2) is 5.65 Å². The van der Waals surface area contributed by atoms with Crippen LogP contribution in [0.25, 0.3) is 28.0 Å². The molecular formula is C37H43FN6O5. The number of carbonyl (C=O) groups excluding carboxylic acids is 1. The Labute approximate surface area is 284 Å². The predicted octanol–water partition coefficient (Wildman–Crippen LogP) is 4.03. The fourth-order valence-electron chi connectivity index (χ4n) is 7.17. The van der Waals surface area contributed by atoms with E-state index in [0.717, 1.165) is 12.8 Å². The van der Waals surface area contributed by atoms with Crippen LogP contribution in [0.1, 0.15) is 39.2 Å². The van der Waals surface area contributed by atoms with E-state index in [1.165, 1.54) is 16.7 Å². The van der Waals surface area contributed by atoms with E-state index in [4.69, 9.17) is 19.4 Å². The van der Waals surface area contributed by atoms with Crippen molar-refractivity contribution in [3.63, 3.8) is 0 Å². The Hall–Kier alpha value is -4.55. The minimum absolute atomic E-state index is 0.000503. The minimum Gasteiger partial charge on any atom is -0.490 e. The van der Waals surface area contributed by atoms with Crippen LogP contribution in [-0.4, -0.2) is 87.6 Å². The molecule has 1 amide bonds. The smallest absolute Gasteiger partial charge is 0.355 e. The van der Waals surface area contributed by atoms with Gasteiger partial charge in [-0.15, -0.1) is 0 Å². The third kappa shape index (κ3) is 6.01. The van der Waals surface area contributed by atoms with Crippen LogP contribution >= 0.6 is 0 Å². The van der Waals surface area contributed by atoms with Crippen LogP contribution in [-0.2, 0) is 9.53 Å². The average Bonchev–Trinajstić information content (AvgIpc) is 3.91. The molecule has 2 aromatic heterocycles. The van der Waals surface area contributed by atoms with Crippen LogP contribution in [0.5, 0.6) is 5.75 Å². The number of aliphatic hydroxyl groups is 1. The van der Waals surface area contributed by atoms with Gasteiger partial charge < -0.3 is 29.7 Å². The molecule has 1 aromatic carbocycles. The second-order valence-electron chi connectivity index (χ2n) is 13.9. The summed E-state index contributed by atoms with van der Waals surface area (Å²) in [5.74, 6) is 0.385. The Balaban J connectivity index is 1.53. The maximum atomic E-state index is 15.8. The zero-order valence-corrected chi connectivity index (χ0v) is 28.4. The molecule has 1 saturated carbocycles. The highest BCUT2D eigenvalue weighted by Gasteiger charge is 2.37. The minimum atomic E-state index is -1.14. The van der Waals surface area contributed by atoms with E-state index in [1.807, 2.05) is 50.9 Å². The normalized spacial score (nSPS) is 23.8. The standard InChI is InChI=1S/C37H43FN6O5/c1-6-29(46)42-14-15-43(22(5)17-42)35-25-16-21(4)32-30-26(38)8-7-9-28(30)48-19-27(45)34(49-18-23-10-11-23)24-12-13-39-31(20(2)3)33(24)44(36(25)40-32)37(47)41-35/h6-9,12-13,16,20,22-23,27,31,34,39,45H,1,10-11,14-15,17-19H2,2-5H3/t22-,27?,31?,34?/m0/s1. The van der Waals surface area contributed by atoms with Crippen molar-refractivity contribution in [3.05, 3.63) is 76.6 Å². The van der Waals surface area contributed by atoms with Crippen LogP contribution in [0.2, 0.25) is 0 Å². The molecule has 3 aromatic rings. The monoisotopic (exact) mass is 670 g/mol. The fourth-order valence-corrected chi connectivity index (χ4v) is 7.17. The Kier molecular flexibility index (Phi) is 8.78. The van der Waals surface area contributed by atoms with E-state index in [2.05, 4.69) is 11.9 Å². The number of dihydropyridines is 1. The van der Waals surface area contributed by atoms with Crippen molar-refractivity contribution in [1.29, 1.82) is 0 Å². The van der Waals surface area contributed by atoms with Crippen LogP contribution in [0.4, 0.5) is 10.2 Å². The lowest BCUT2D eigenvalue weighted by atomic mass is 9.90. The number of aliphatic hydroxyl groups excluding tert-OH is 1. The molecule has 0 spiro atoms. The summed E-state index contributed by atoms with van der Waals surface area (Å²) in [7, 11) is 0. The van der Waals surface area contributed by atoms with E-state index in [-0.39, 0.29) is 41.8 Å². The molecule has 12 heteroatoms. The first-order valence-corrected chi connectivity index (χ1v) is 17.1. The number of hydrogen-bond acceptors (Lipinski definition) is 9. The molecule has 7 rings (SSSR count). The van der Waals surface area contributed by atoms with Crippen molar-refractivity contribution >= 4 is 28.5 Å². The third-order valence-corrected chi connectivity index (χ3v) is 9.95. The van der Waals surface area contributed by atoms with Gasteiger partial charge in [-0.1, -0.05) is 26.5 Å². The molecule has 3 aliphatic heterocycles. The number of nitrogens with zero attached hydrogens (tertiary/aromatic N) is 5. The molecule has 1 aliphatic carbocycles. The fraction of sp³-hybridized carbons (Fsp3) is 0.459. The van der Waals surface area contributed by atoms with E-state index in [0.29, 0.717) is 71.5 Å². The van der Waals surface area contributed by atoms with Gasteiger partial charge in [0.2, 0.25) is 5.91 Å². The summed E-state index contributed by atoms with van der Waals surface area (Å²) in [6.45, 7) is 13.1. The number of anilines is 1. The van der Waals surface area contributed by atoms with Crippen molar-refractivity contribution < 1.29 is 23.8 Å². The van der Waals surface area contributed by atoms with Crippen molar-refractivity contribution in [1.82, 2.24) is 24.8 Å². The Morgan fingerprint density at radius 1 is 1.27 bits per heavy atom. The SMILES string of the molecule is C=CC(=O)N1CCN(c2nc(=O)n3c4nc(c(C)cc24)-c2c(F)cccc2OCC(O)C(OCC2CC2)C2=C3C(C(C)C)NC=C2)[C@@H](C)C1. The van der Waals surface area contributed by atoms with Gasteiger partial charge in [0.1, 0.15) is 36.2 Å². The van der Waals surface area contributed by atoms with Gasteiger partial charge in [-0.05, 0) is 80.6 Å². The van der Waals surface area contributed by atoms with Gasteiger partial charge in [0.05, 0.1) is 35.0 Å². The van der Waals surface area contributed by atoms with Crippen LogP contribution < -0.4 is 20.6 Å². The lowest BCUT2D eigenvalue weighted by Crippen LogP contribution is -2.54. The lowest BCUT2D eigenvalue weighted by molar-refractivity contribution is -0.126. The van der Waals surface area contributed by atoms with Gasteiger partial charge >= 0.3 is 5.69 Å². The zero-order valence-electron chi connectivity index (χ0n) is 28.4. The van der Waals surface area contributed by atoms with E-state index < -0.39 is 23.7 Å². The first kappa shape index (κ1) is 33.0. The predicted molar refractivity (Wildman–Crippen MR) is 186 cm³/mol. The molecule has 5 heterocycles. The molecule has 2 bridgehead atoms. The van der Waals surface area contributed by atoms with Crippen molar-refractivity contribution in [2.45, 2.75) is 64.8 Å². The summed E-state index contributed by atoms with van der Waals surface area (Å²) >= 11 is 0. The second kappa shape index (κ2) is 13.1. The van der Waals surface area contributed by atoms with Crippen molar-refractivity contribution in [2.24, 2.45) is 11.8 Å². The van der Waals surface area contributed by atoms with Gasteiger partial charge in [-0.2, -0.15) is 4.98 Å². The molecule has 3 unspecified atom stereocenters. The quantitative estimate of drug-likeness (QED) is 0.375. The largest absolute Gasteiger partial charge is 0.490 e. The zero-order chi connectivity index (χ0) is 34.6. The number of aromatic nitrogens is 3. The number of hydrogen-bond donors (Lipinski definition) is 2. The van der Waals surface area contributed by atoms with Crippen LogP contribution in [0.15, 0.2) is 59.6 Å². The molecule has 49 heavy (non-hydrogen) atoms. The summed E-state index contributed by atoms with van der Waals surface area (Å²) in [6, 6.07) is 5.91. The Morgan fingerprint density at radius 3 is 2.78 bits per heavy atom. The second-order valence-corrected chi connectivity index (χ2v) is 13.9. The molecular weight excluding hydrogens is 627 g/mol. The molecule has 4 atom stereocenters. The summed E-state index contributed by atoms with van der Waals surface area (Å²) in [5.41, 5.74) is 2.05. The number of nitrogens with one attached hydrogen (secondary N) is 1. The topological polar surface area (TPSA) is 122 Å². The summed E-state index contributed by atoms with van der Waals surface area (Å²) < 4.78 is 30.0. The number of piperazine rings is 1. The third-order valence-electron chi connectivity index (χ3n) is 9.95. The first-order valence-electron chi connectivity index (χ1n) is 17.1. The van der Waals surface area contributed by atoms with Crippen molar-refractivity contribution in [2.75, 3.05) is 37.7 Å². The molecule has 2 fully saturated rings. The number of benzene rings is 1. The number of carbonyl (C=O) groups is 1. The van der Waals surface area contributed by atoms with Gasteiger partial charge in [-0.25, -0.2) is 18.7 Å². The highest BCUT2D eigenvalue weighted by atomic mass is 19.1. The molecule has 11 nitrogen and oxygen atoms in total. The molecule has 2 N–H and O–H groups in total. The van der Waals surface area contributed by atoms with Gasteiger partial charge in [0, 0.05) is 31.2 Å². The summed E-state index contributed by atoms with van der Waals surface area (Å²) in [5, 5.41) is 15.8. The van der Waals surface area contributed by atoms with E-state index in [1.54, 1.807) is 17.0 Å². The Morgan fingerprint density at radius 2 is 2.06 bits per heavy atom. The number of halogens is 1. The highest BCUT2D eigenvalue weighted by molar-refractivity contribution is 5.93. The first-order chi connectivity index (χ1) is 23.6. The number of aryl methyl sites for hydroxylation is 1. The number of rotatable bonds is 6. The number of ether oxygens (including phenoxy) is 2. The van der Waals surface area contributed by atoms with Gasteiger partial charge in [0.25, 0.3) is 0 Å². The van der Waals surface area contributed by atoms with E-state index >= 15 is 4.39 Å². The van der Waals surface area contributed by atoms with Crippen LogP contribution in [0, 0.1) is 24.6 Å². The molecule has 258 valence electrons. The molecule has 0 radical (unpaired) electrons. The number of amides is 1. The molecule has 1 saturated heterocycles. The lowest BCUT2D eigenvalue weighted by Gasteiger charge is -2.41. The van der Waals surface area contributed by atoms with Gasteiger partial charge in [-0.3, -0.25) is 4.79 Å². The van der Waals surface area contributed by atoms with E-state index in [9.17, 15) is 14.7 Å². The number of pyridine rings is 1. The molecule has 4 aliphatic rings. The van der Waals surface area contributed by atoms with Crippen molar-refractivity contribution in [3.8, 4) is 17.0 Å².